The van der Waals surface area contributed by atoms with Gasteiger partial charge in [0.05, 0.1) is 12.5 Å². The van der Waals surface area contributed by atoms with Gasteiger partial charge in [-0.1, -0.05) is 37.3 Å². The van der Waals surface area contributed by atoms with Gasteiger partial charge < -0.3 is 9.64 Å². The number of likely N-dealkylation sites (tertiary alicyclic amines) is 1. The summed E-state index contributed by atoms with van der Waals surface area (Å²) in [5.74, 6) is -0.459. The molecule has 94 valence electrons. The van der Waals surface area contributed by atoms with Gasteiger partial charge in [0.1, 0.15) is 0 Å². The fourth-order valence-electron chi connectivity index (χ4n) is 2.95. The van der Waals surface area contributed by atoms with E-state index in [0.29, 0.717) is 19.6 Å². The molecule has 2 heterocycles. The molecule has 0 radical (unpaired) electrons. The summed E-state index contributed by atoms with van der Waals surface area (Å²) in [5.41, 5.74) is 0.337. The van der Waals surface area contributed by atoms with Crippen LogP contribution in [-0.2, 0) is 20.9 Å². The van der Waals surface area contributed by atoms with Gasteiger partial charge >= 0.3 is 5.97 Å². The van der Waals surface area contributed by atoms with Gasteiger partial charge in [0, 0.05) is 13.0 Å². The van der Waals surface area contributed by atoms with Gasteiger partial charge in [-0.2, -0.15) is 0 Å². The zero-order chi connectivity index (χ0) is 12.8. The summed E-state index contributed by atoms with van der Waals surface area (Å²) in [6, 6.07) is 9.73. The number of nitrogens with zero attached hydrogens (tertiary/aromatic N) is 1. The Morgan fingerprint density at radius 3 is 2.67 bits per heavy atom. The minimum Gasteiger partial charge on any atom is -0.464 e. The Morgan fingerprint density at radius 2 is 2.06 bits per heavy atom. The van der Waals surface area contributed by atoms with Crippen LogP contribution in [0.5, 0.6) is 0 Å². The number of amides is 1. The lowest BCUT2D eigenvalue weighted by Crippen LogP contribution is -2.71. The van der Waals surface area contributed by atoms with E-state index in [-0.39, 0.29) is 17.8 Å². The first kappa shape index (κ1) is 11.3. The van der Waals surface area contributed by atoms with Gasteiger partial charge in [-0.3, -0.25) is 4.79 Å². The van der Waals surface area contributed by atoms with Gasteiger partial charge in [-0.25, -0.2) is 4.79 Å². The Balaban J connectivity index is 1.87. The Labute approximate surface area is 106 Å². The fraction of sp³-hybridized carbons (Fsp3) is 0.429. The highest BCUT2D eigenvalue weighted by atomic mass is 16.5. The number of esters is 1. The van der Waals surface area contributed by atoms with Gasteiger partial charge in [0.25, 0.3) is 0 Å². The van der Waals surface area contributed by atoms with E-state index in [1.807, 2.05) is 37.3 Å². The van der Waals surface area contributed by atoms with Crippen molar-refractivity contribution in [3.8, 4) is 0 Å². The van der Waals surface area contributed by atoms with E-state index in [0.717, 1.165) is 5.56 Å². The Bertz CT molecular complexity index is 499. The molecule has 1 aromatic rings. The fourth-order valence-corrected chi connectivity index (χ4v) is 2.95. The van der Waals surface area contributed by atoms with Crippen LogP contribution in [0.15, 0.2) is 30.3 Å². The smallest absolute Gasteiger partial charge is 0.333 e. The zero-order valence-corrected chi connectivity index (χ0v) is 10.3. The third-order valence-electron chi connectivity index (χ3n) is 4.09. The SMILES string of the molecule is CC1C(=O)N(Cc2ccccc2)[C@]12CCOC2=O. The van der Waals surface area contributed by atoms with E-state index >= 15 is 0 Å². The predicted molar refractivity (Wildman–Crippen MR) is 64.5 cm³/mol. The van der Waals surface area contributed by atoms with Crippen molar-refractivity contribution in [3.05, 3.63) is 35.9 Å². The number of ether oxygens (including phenoxy) is 1. The summed E-state index contributed by atoms with van der Waals surface area (Å²) in [4.78, 5) is 25.6. The van der Waals surface area contributed by atoms with Crippen molar-refractivity contribution in [2.75, 3.05) is 6.61 Å². The number of β-lactam (4-membered cyclic amide) rings is 1. The molecule has 2 saturated heterocycles. The first-order valence-corrected chi connectivity index (χ1v) is 6.19. The lowest BCUT2D eigenvalue weighted by Gasteiger charge is -2.51. The maximum atomic E-state index is 12.0. The first-order chi connectivity index (χ1) is 8.66. The summed E-state index contributed by atoms with van der Waals surface area (Å²) in [5, 5.41) is 0. The van der Waals surface area contributed by atoms with Crippen LogP contribution in [-0.4, -0.2) is 28.9 Å². The summed E-state index contributed by atoms with van der Waals surface area (Å²) in [7, 11) is 0. The molecule has 0 bridgehead atoms. The second-order valence-corrected chi connectivity index (χ2v) is 4.94. The third kappa shape index (κ3) is 1.32. The highest BCUT2D eigenvalue weighted by Crippen LogP contribution is 2.45. The molecule has 0 aromatic heterocycles. The van der Waals surface area contributed by atoms with Gasteiger partial charge in [0.15, 0.2) is 5.54 Å². The van der Waals surface area contributed by atoms with Crippen LogP contribution >= 0.6 is 0 Å². The van der Waals surface area contributed by atoms with Crippen LogP contribution in [0.4, 0.5) is 0 Å². The minimum atomic E-state index is -0.701. The summed E-state index contributed by atoms with van der Waals surface area (Å²) < 4.78 is 5.06. The second-order valence-electron chi connectivity index (χ2n) is 4.94. The number of benzene rings is 1. The minimum absolute atomic E-state index is 0.0395. The molecule has 18 heavy (non-hydrogen) atoms. The summed E-state index contributed by atoms with van der Waals surface area (Å²) in [6.45, 7) is 2.72. The lowest BCUT2D eigenvalue weighted by molar-refractivity contribution is -0.181. The van der Waals surface area contributed by atoms with Gasteiger partial charge in [-0.05, 0) is 5.56 Å². The Kier molecular flexibility index (Phi) is 2.40. The molecular weight excluding hydrogens is 230 g/mol. The molecule has 4 nitrogen and oxygen atoms in total. The molecule has 4 heteroatoms. The number of carbonyl (C=O) groups excluding carboxylic acids is 2. The first-order valence-electron chi connectivity index (χ1n) is 6.19. The number of hydrogen-bond donors (Lipinski definition) is 0. The van der Waals surface area contributed by atoms with Crippen LogP contribution in [0.1, 0.15) is 18.9 Å². The largest absolute Gasteiger partial charge is 0.464 e. The van der Waals surface area contributed by atoms with Crippen molar-refractivity contribution in [1.29, 1.82) is 0 Å². The maximum Gasteiger partial charge on any atom is 0.333 e. The molecule has 1 unspecified atom stereocenters. The van der Waals surface area contributed by atoms with Crippen molar-refractivity contribution in [2.45, 2.75) is 25.4 Å². The number of carbonyl (C=O) groups is 2. The Hall–Kier alpha value is -1.84. The number of cyclic esters (lactones) is 1. The van der Waals surface area contributed by atoms with Crippen molar-refractivity contribution in [1.82, 2.24) is 4.90 Å². The average Bonchev–Trinajstić information content (AvgIpc) is 2.80. The van der Waals surface area contributed by atoms with E-state index in [1.165, 1.54) is 0 Å². The van der Waals surface area contributed by atoms with E-state index in [9.17, 15) is 9.59 Å². The van der Waals surface area contributed by atoms with Crippen LogP contribution in [0.3, 0.4) is 0 Å². The van der Waals surface area contributed by atoms with Crippen LogP contribution in [0.2, 0.25) is 0 Å². The summed E-state index contributed by atoms with van der Waals surface area (Å²) in [6.07, 6.45) is 0.617. The van der Waals surface area contributed by atoms with E-state index in [4.69, 9.17) is 4.74 Å². The molecule has 1 aromatic carbocycles. The number of hydrogen-bond acceptors (Lipinski definition) is 3. The second kappa shape index (κ2) is 3.83. The van der Waals surface area contributed by atoms with Crippen molar-refractivity contribution in [2.24, 2.45) is 5.92 Å². The molecule has 3 rings (SSSR count). The lowest BCUT2D eigenvalue weighted by atomic mass is 9.73. The summed E-state index contributed by atoms with van der Waals surface area (Å²) >= 11 is 0. The molecule has 0 N–H and O–H groups in total. The quantitative estimate of drug-likeness (QED) is 0.583. The maximum absolute atomic E-state index is 12.0. The standard InChI is InChI=1S/C14H15NO3/c1-10-12(16)15(9-11-5-3-2-4-6-11)14(10)7-8-18-13(14)17/h2-6,10H,7-9H2,1H3/t10?,14-/m1/s1. The molecule has 2 fully saturated rings. The molecule has 1 spiro atoms. The van der Waals surface area contributed by atoms with E-state index in [2.05, 4.69) is 0 Å². The van der Waals surface area contributed by atoms with Crippen molar-refractivity contribution >= 4 is 11.9 Å². The molecular formula is C14H15NO3. The van der Waals surface area contributed by atoms with Gasteiger partial charge in [0.2, 0.25) is 5.91 Å². The Morgan fingerprint density at radius 1 is 1.33 bits per heavy atom. The molecule has 0 saturated carbocycles. The average molecular weight is 245 g/mol. The third-order valence-corrected chi connectivity index (χ3v) is 4.09. The van der Waals surface area contributed by atoms with E-state index in [1.54, 1.807) is 4.90 Å². The molecule has 2 atom stereocenters. The topological polar surface area (TPSA) is 46.6 Å². The van der Waals surface area contributed by atoms with Crippen LogP contribution < -0.4 is 0 Å². The normalized spacial score (nSPS) is 30.5. The van der Waals surface area contributed by atoms with Crippen molar-refractivity contribution < 1.29 is 14.3 Å². The zero-order valence-electron chi connectivity index (χ0n) is 10.3. The van der Waals surface area contributed by atoms with Crippen LogP contribution in [0.25, 0.3) is 0 Å². The number of rotatable bonds is 2. The molecule has 0 aliphatic carbocycles. The predicted octanol–water partition coefficient (Wildman–Crippen LogP) is 1.35. The molecule has 2 aliphatic rings. The van der Waals surface area contributed by atoms with E-state index < -0.39 is 5.54 Å². The highest BCUT2D eigenvalue weighted by Gasteiger charge is 2.65. The van der Waals surface area contributed by atoms with Crippen molar-refractivity contribution in [3.63, 3.8) is 0 Å². The molecule has 2 aliphatic heterocycles. The molecule has 1 amide bonds. The van der Waals surface area contributed by atoms with Gasteiger partial charge in [-0.15, -0.1) is 0 Å². The van der Waals surface area contributed by atoms with Crippen LogP contribution in [0, 0.1) is 5.92 Å². The monoisotopic (exact) mass is 245 g/mol. The highest BCUT2D eigenvalue weighted by molar-refractivity contribution is 6.01.